The van der Waals surface area contributed by atoms with Crippen LogP contribution in [0.5, 0.6) is 0 Å². The molecule has 2 N–H and O–H groups in total. The van der Waals surface area contributed by atoms with Crippen LogP contribution >= 0.6 is 15.9 Å². The Balaban J connectivity index is 2.09. The van der Waals surface area contributed by atoms with Gasteiger partial charge in [0.2, 0.25) is 0 Å². The highest BCUT2D eigenvalue weighted by Gasteiger charge is 2.15. The Morgan fingerprint density at radius 3 is 2.74 bits per heavy atom. The quantitative estimate of drug-likeness (QED) is 0.816. The number of hydrogen-bond acceptors (Lipinski definition) is 3. The molecule has 0 fully saturated rings. The van der Waals surface area contributed by atoms with Crippen molar-refractivity contribution in [1.29, 1.82) is 0 Å². The van der Waals surface area contributed by atoms with Crippen LogP contribution in [-0.2, 0) is 21.9 Å². The molecule has 0 aliphatic carbocycles. The second kappa shape index (κ2) is 5.85. The summed E-state index contributed by atoms with van der Waals surface area (Å²) in [7, 11) is -3.54. The molecule has 2 rings (SSSR count). The SMILES string of the molecule is Cc1ncc(S(=O)(=O)NCc2cccc(CBr)c2)[nH]1. The summed E-state index contributed by atoms with van der Waals surface area (Å²) in [5.74, 6) is 0.571. The number of H-pyrrole nitrogens is 1. The summed E-state index contributed by atoms with van der Waals surface area (Å²) in [6.45, 7) is 1.96. The van der Waals surface area contributed by atoms with Crippen molar-refractivity contribution in [2.75, 3.05) is 0 Å². The summed E-state index contributed by atoms with van der Waals surface area (Å²) in [6.07, 6.45) is 1.31. The fourth-order valence-corrected chi connectivity index (χ4v) is 2.95. The van der Waals surface area contributed by atoms with E-state index in [9.17, 15) is 8.42 Å². The van der Waals surface area contributed by atoms with Crippen molar-refractivity contribution < 1.29 is 8.42 Å². The van der Waals surface area contributed by atoms with E-state index in [0.29, 0.717) is 5.82 Å². The van der Waals surface area contributed by atoms with Crippen molar-refractivity contribution in [3.05, 3.63) is 47.4 Å². The van der Waals surface area contributed by atoms with Crippen molar-refractivity contribution in [1.82, 2.24) is 14.7 Å². The van der Waals surface area contributed by atoms with Gasteiger partial charge >= 0.3 is 0 Å². The van der Waals surface area contributed by atoms with E-state index in [0.717, 1.165) is 16.5 Å². The maximum Gasteiger partial charge on any atom is 0.257 e. The molecule has 0 radical (unpaired) electrons. The number of hydrogen-bond donors (Lipinski definition) is 2. The number of halogens is 1. The summed E-state index contributed by atoms with van der Waals surface area (Å²) in [5, 5.41) is 0.828. The van der Waals surface area contributed by atoms with E-state index in [-0.39, 0.29) is 11.6 Å². The van der Waals surface area contributed by atoms with Crippen LogP contribution in [-0.4, -0.2) is 18.4 Å². The average Bonchev–Trinajstić information content (AvgIpc) is 2.84. The Morgan fingerprint density at radius 1 is 1.37 bits per heavy atom. The predicted molar refractivity (Wildman–Crippen MR) is 76.4 cm³/mol. The van der Waals surface area contributed by atoms with Crippen molar-refractivity contribution in [2.24, 2.45) is 0 Å². The van der Waals surface area contributed by atoms with Crippen LogP contribution < -0.4 is 4.72 Å². The highest BCUT2D eigenvalue weighted by molar-refractivity contribution is 9.08. The first-order valence-corrected chi connectivity index (χ1v) is 8.27. The molecule has 0 saturated heterocycles. The van der Waals surface area contributed by atoms with Gasteiger partial charge in [-0.05, 0) is 18.1 Å². The molecule has 0 bridgehead atoms. The van der Waals surface area contributed by atoms with Crippen molar-refractivity contribution in [2.45, 2.75) is 23.8 Å². The molecular weight excluding hydrogens is 330 g/mol. The maximum absolute atomic E-state index is 12.0. The number of nitrogens with one attached hydrogen (secondary N) is 2. The van der Waals surface area contributed by atoms with Crippen LogP contribution in [0.2, 0.25) is 0 Å². The van der Waals surface area contributed by atoms with E-state index in [1.54, 1.807) is 6.92 Å². The normalized spacial score (nSPS) is 11.7. The Morgan fingerprint density at radius 2 is 2.11 bits per heavy atom. The number of imidazole rings is 1. The zero-order valence-corrected chi connectivity index (χ0v) is 12.8. The fourth-order valence-electron chi connectivity index (χ4n) is 1.61. The maximum atomic E-state index is 12.0. The zero-order chi connectivity index (χ0) is 13.9. The lowest BCUT2D eigenvalue weighted by Crippen LogP contribution is -2.23. The largest absolute Gasteiger partial charge is 0.332 e. The van der Waals surface area contributed by atoms with Crippen LogP contribution in [0, 0.1) is 6.92 Å². The smallest absolute Gasteiger partial charge is 0.257 e. The van der Waals surface area contributed by atoms with E-state index < -0.39 is 10.0 Å². The molecule has 0 atom stereocenters. The number of nitrogens with zero attached hydrogens (tertiary/aromatic N) is 1. The Hall–Kier alpha value is -1.18. The minimum atomic E-state index is -3.54. The molecule has 5 nitrogen and oxygen atoms in total. The molecular formula is C12H14BrN3O2S. The summed E-state index contributed by atoms with van der Waals surface area (Å²) in [4.78, 5) is 6.59. The Labute approximate surface area is 120 Å². The van der Waals surface area contributed by atoms with Crippen molar-refractivity contribution in [3.8, 4) is 0 Å². The Bertz CT molecular complexity index is 667. The lowest BCUT2D eigenvalue weighted by molar-refractivity contribution is 0.578. The molecule has 0 amide bonds. The van der Waals surface area contributed by atoms with Gasteiger partial charge in [-0.15, -0.1) is 0 Å². The lowest BCUT2D eigenvalue weighted by Gasteiger charge is -2.06. The molecule has 1 heterocycles. The van der Waals surface area contributed by atoms with Gasteiger partial charge in [0.05, 0.1) is 6.20 Å². The van der Waals surface area contributed by atoms with Crippen LogP contribution in [0.15, 0.2) is 35.5 Å². The fraction of sp³-hybridized carbons (Fsp3) is 0.250. The number of rotatable bonds is 5. The van der Waals surface area contributed by atoms with Crippen molar-refractivity contribution >= 4 is 26.0 Å². The van der Waals surface area contributed by atoms with Gasteiger partial charge in [0, 0.05) is 11.9 Å². The first kappa shape index (κ1) is 14.2. The van der Waals surface area contributed by atoms with E-state index in [4.69, 9.17) is 0 Å². The van der Waals surface area contributed by atoms with Crippen LogP contribution in [0.1, 0.15) is 17.0 Å². The van der Waals surface area contributed by atoms with Gasteiger partial charge in [-0.3, -0.25) is 0 Å². The molecule has 2 aromatic rings. The molecule has 1 aromatic heterocycles. The zero-order valence-electron chi connectivity index (χ0n) is 10.4. The first-order chi connectivity index (χ1) is 9.01. The molecule has 0 unspecified atom stereocenters. The summed E-state index contributed by atoms with van der Waals surface area (Å²) in [6, 6.07) is 7.72. The Kier molecular flexibility index (Phi) is 4.38. The number of alkyl halides is 1. The van der Waals surface area contributed by atoms with E-state index in [1.165, 1.54) is 6.20 Å². The second-order valence-electron chi connectivity index (χ2n) is 4.11. The molecule has 0 aliphatic rings. The summed E-state index contributed by atoms with van der Waals surface area (Å²) < 4.78 is 26.5. The van der Waals surface area contributed by atoms with Crippen LogP contribution in [0.25, 0.3) is 0 Å². The third-order valence-corrected chi connectivity index (χ3v) is 4.54. The number of aromatic nitrogens is 2. The molecule has 0 spiro atoms. The van der Waals surface area contributed by atoms with Gasteiger partial charge in [-0.25, -0.2) is 18.1 Å². The standard InChI is InChI=1S/C12H14BrN3O2S/c1-9-14-8-12(16-9)19(17,18)15-7-11-4-2-3-10(5-11)6-13/h2-5,8,15H,6-7H2,1H3,(H,14,16). The third-order valence-electron chi connectivity index (χ3n) is 2.58. The number of aryl methyl sites for hydroxylation is 1. The van der Waals surface area contributed by atoms with E-state index >= 15 is 0 Å². The van der Waals surface area contributed by atoms with Gasteiger partial charge in [0.25, 0.3) is 10.0 Å². The molecule has 19 heavy (non-hydrogen) atoms. The molecule has 7 heteroatoms. The van der Waals surface area contributed by atoms with E-state index in [1.807, 2.05) is 24.3 Å². The first-order valence-electron chi connectivity index (χ1n) is 5.66. The highest BCUT2D eigenvalue weighted by atomic mass is 79.9. The second-order valence-corrected chi connectivity index (χ2v) is 6.41. The molecule has 0 saturated carbocycles. The van der Waals surface area contributed by atoms with E-state index in [2.05, 4.69) is 30.6 Å². The molecule has 102 valence electrons. The number of benzene rings is 1. The number of aromatic amines is 1. The van der Waals surface area contributed by atoms with Crippen LogP contribution in [0.4, 0.5) is 0 Å². The summed E-state index contributed by atoms with van der Waals surface area (Å²) >= 11 is 3.37. The number of sulfonamides is 1. The molecule has 1 aromatic carbocycles. The van der Waals surface area contributed by atoms with Crippen LogP contribution in [0.3, 0.4) is 0 Å². The molecule has 0 aliphatic heterocycles. The predicted octanol–water partition coefficient (Wildman–Crippen LogP) is 2.09. The minimum Gasteiger partial charge on any atom is -0.332 e. The topological polar surface area (TPSA) is 74.8 Å². The monoisotopic (exact) mass is 343 g/mol. The van der Waals surface area contributed by atoms with Gasteiger partial charge in [0.15, 0.2) is 5.03 Å². The van der Waals surface area contributed by atoms with Gasteiger partial charge in [-0.2, -0.15) is 0 Å². The van der Waals surface area contributed by atoms with Gasteiger partial charge in [0.1, 0.15) is 5.82 Å². The summed E-state index contributed by atoms with van der Waals surface area (Å²) in [5.41, 5.74) is 2.02. The van der Waals surface area contributed by atoms with Gasteiger partial charge in [-0.1, -0.05) is 40.2 Å². The minimum absolute atomic E-state index is 0.0849. The average molecular weight is 344 g/mol. The lowest BCUT2D eigenvalue weighted by atomic mass is 10.1. The van der Waals surface area contributed by atoms with Crippen molar-refractivity contribution in [3.63, 3.8) is 0 Å². The highest BCUT2D eigenvalue weighted by Crippen LogP contribution is 2.10. The van der Waals surface area contributed by atoms with Gasteiger partial charge < -0.3 is 4.98 Å². The third kappa shape index (κ3) is 3.65.